The zero-order chi connectivity index (χ0) is 35.2. The molecule has 7 unspecified atom stereocenters. The van der Waals surface area contributed by atoms with Crippen LogP contribution in [0, 0.1) is 0 Å². The van der Waals surface area contributed by atoms with Gasteiger partial charge in [-0.3, -0.25) is 4.79 Å². The van der Waals surface area contributed by atoms with Crippen LogP contribution < -0.4 is 5.32 Å². The van der Waals surface area contributed by atoms with Gasteiger partial charge in [0, 0.05) is 6.42 Å². The van der Waals surface area contributed by atoms with Gasteiger partial charge in [-0.25, -0.2) is 0 Å². The summed E-state index contributed by atoms with van der Waals surface area (Å²) in [7, 11) is 0. The number of carbonyl (C=O) groups is 1. The Morgan fingerprint density at radius 1 is 0.688 bits per heavy atom. The molecule has 1 heterocycles. The van der Waals surface area contributed by atoms with Crippen molar-refractivity contribution < 1.29 is 39.8 Å². The maximum absolute atomic E-state index is 12.8. The number of nitrogens with one attached hydrogen (secondary N) is 1. The van der Waals surface area contributed by atoms with Gasteiger partial charge < -0.3 is 40.3 Å². The third-order valence-corrected chi connectivity index (χ3v) is 8.92. The highest BCUT2D eigenvalue weighted by Crippen LogP contribution is 2.22. The number of rotatable bonds is 30. The van der Waals surface area contributed by atoms with E-state index in [2.05, 4.69) is 43.5 Å². The number of aliphatic hydroxyl groups is 5. The summed E-state index contributed by atoms with van der Waals surface area (Å²) >= 11 is 0. The topological polar surface area (TPSA) is 149 Å². The third kappa shape index (κ3) is 21.5. The summed E-state index contributed by atoms with van der Waals surface area (Å²) in [6.07, 6.45) is 27.9. The normalized spacial score (nSPS) is 23.0. The minimum atomic E-state index is -1.57. The van der Waals surface area contributed by atoms with E-state index in [1.807, 2.05) is 6.08 Å². The molecule has 0 aromatic rings. The molecule has 1 aliphatic rings. The van der Waals surface area contributed by atoms with Gasteiger partial charge in [0.2, 0.25) is 5.91 Å². The zero-order valence-corrected chi connectivity index (χ0v) is 30.2. The number of aliphatic hydroxyl groups excluding tert-OH is 5. The van der Waals surface area contributed by atoms with Crippen LogP contribution in [0.25, 0.3) is 0 Å². The van der Waals surface area contributed by atoms with Crippen molar-refractivity contribution in [2.24, 2.45) is 0 Å². The summed E-state index contributed by atoms with van der Waals surface area (Å²) in [6.45, 7) is 3.61. The number of allylic oxidation sites excluding steroid dienone is 5. The molecule has 0 aliphatic carbocycles. The van der Waals surface area contributed by atoms with E-state index >= 15 is 0 Å². The van der Waals surface area contributed by atoms with E-state index in [0.717, 1.165) is 57.8 Å². The Balaban J connectivity index is 2.35. The Kier molecular flexibility index (Phi) is 28.0. The number of carbonyl (C=O) groups excluding carboxylic acids is 1. The summed E-state index contributed by atoms with van der Waals surface area (Å²) in [4.78, 5) is 12.8. The molecule has 0 radical (unpaired) electrons. The van der Waals surface area contributed by atoms with Crippen LogP contribution in [0.5, 0.6) is 0 Å². The summed E-state index contributed by atoms with van der Waals surface area (Å²) in [5.41, 5.74) is 0. The van der Waals surface area contributed by atoms with E-state index in [1.165, 1.54) is 70.6 Å². The van der Waals surface area contributed by atoms with Gasteiger partial charge in [-0.2, -0.15) is 0 Å². The van der Waals surface area contributed by atoms with Crippen LogP contribution in [0.1, 0.15) is 149 Å². The Hall–Kier alpha value is -1.59. The molecule has 0 bridgehead atoms. The molecule has 0 aromatic heterocycles. The van der Waals surface area contributed by atoms with E-state index in [9.17, 15) is 30.3 Å². The molecule has 7 atom stereocenters. The summed E-state index contributed by atoms with van der Waals surface area (Å²) in [5.74, 6) is -0.198. The number of hydrogen-bond donors (Lipinski definition) is 6. The number of hydrogen-bond acceptors (Lipinski definition) is 8. The van der Waals surface area contributed by atoms with Crippen LogP contribution in [-0.2, 0) is 14.3 Å². The first-order chi connectivity index (χ1) is 23.3. The van der Waals surface area contributed by atoms with Crippen molar-refractivity contribution in [2.75, 3.05) is 13.2 Å². The fourth-order valence-electron chi connectivity index (χ4n) is 5.76. The number of amides is 1. The van der Waals surface area contributed by atoms with Gasteiger partial charge in [0.15, 0.2) is 6.29 Å². The minimum absolute atomic E-state index is 0.198. The molecular formula is C39H71NO8. The fraction of sp³-hybridized carbons (Fsp3) is 0.821. The van der Waals surface area contributed by atoms with E-state index in [-0.39, 0.29) is 12.5 Å². The molecule has 1 fully saturated rings. The van der Waals surface area contributed by atoms with Gasteiger partial charge in [-0.1, -0.05) is 127 Å². The van der Waals surface area contributed by atoms with Gasteiger partial charge >= 0.3 is 0 Å². The van der Waals surface area contributed by atoms with Gasteiger partial charge in [0.05, 0.1) is 25.4 Å². The van der Waals surface area contributed by atoms with Crippen LogP contribution in [0.15, 0.2) is 36.5 Å². The van der Waals surface area contributed by atoms with Gasteiger partial charge in [-0.05, 0) is 51.4 Å². The quantitative estimate of drug-likeness (QED) is 0.0370. The van der Waals surface area contributed by atoms with Crippen molar-refractivity contribution in [3.63, 3.8) is 0 Å². The average Bonchev–Trinajstić information content (AvgIpc) is 3.08. The Labute approximate surface area is 291 Å². The van der Waals surface area contributed by atoms with Crippen molar-refractivity contribution in [1.82, 2.24) is 5.32 Å². The fourth-order valence-corrected chi connectivity index (χ4v) is 5.76. The van der Waals surface area contributed by atoms with Crippen molar-refractivity contribution in [1.29, 1.82) is 0 Å². The van der Waals surface area contributed by atoms with Crippen LogP contribution in [0.4, 0.5) is 0 Å². The summed E-state index contributed by atoms with van der Waals surface area (Å²) in [5, 5.41) is 53.6. The predicted octanol–water partition coefficient (Wildman–Crippen LogP) is 6.55. The van der Waals surface area contributed by atoms with Crippen molar-refractivity contribution in [2.45, 2.75) is 192 Å². The SMILES string of the molecule is CCC/C=C/CC/C=C/C(O)C(COC1OC(CO)C(O)C(O)C1O)NC(=O)CCCCCCCCC/C=C\CCCCCCCCC. The highest BCUT2D eigenvalue weighted by atomic mass is 16.7. The largest absolute Gasteiger partial charge is 0.394 e. The molecule has 0 aromatic carbocycles. The van der Waals surface area contributed by atoms with Crippen molar-refractivity contribution in [3.05, 3.63) is 36.5 Å². The minimum Gasteiger partial charge on any atom is -0.394 e. The first kappa shape index (κ1) is 44.4. The number of unbranched alkanes of at least 4 members (excludes halogenated alkanes) is 16. The van der Waals surface area contributed by atoms with Crippen LogP contribution in [-0.4, -0.2) is 87.5 Å². The second-order valence-corrected chi connectivity index (χ2v) is 13.4. The third-order valence-electron chi connectivity index (χ3n) is 8.92. The molecule has 9 heteroatoms. The molecule has 1 saturated heterocycles. The molecule has 1 aliphatic heterocycles. The van der Waals surface area contributed by atoms with E-state index in [4.69, 9.17) is 9.47 Å². The Morgan fingerprint density at radius 3 is 1.83 bits per heavy atom. The van der Waals surface area contributed by atoms with E-state index in [0.29, 0.717) is 6.42 Å². The van der Waals surface area contributed by atoms with Gasteiger partial charge in [0.1, 0.15) is 24.4 Å². The lowest BCUT2D eigenvalue weighted by Crippen LogP contribution is -2.60. The van der Waals surface area contributed by atoms with Crippen LogP contribution in [0.3, 0.4) is 0 Å². The lowest BCUT2D eigenvalue weighted by Gasteiger charge is -2.40. The smallest absolute Gasteiger partial charge is 0.220 e. The first-order valence-corrected chi connectivity index (χ1v) is 19.2. The Bertz CT molecular complexity index is 848. The maximum Gasteiger partial charge on any atom is 0.220 e. The highest BCUT2D eigenvalue weighted by molar-refractivity contribution is 5.76. The Morgan fingerprint density at radius 2 is 1.23 bits per heavy atom. The van der Waals surface area contributed by atoms with E-state index < -0.39 is 49.5 Å². The van der Waals surface area contributed by atoms with Gasteiger partial charge in [-0.15, -0.1) is 0 Å². The second-order valence-electron chi connectivity index (χ2n) is 13.4. The lowest BCUT2D eigenvalue weighted by molar-refractivity contribution is -0.302. The first-order valence-electron chi connectivity index (χ1n) is 19.2. The summed E-state index contributed by atoms with van der Waals surface area (Å²) in [6, 6.07) is -0.818. The maximum atomic E-state index is 12.8. The molecule has 1 amide bonds. The van der Waals surface area contributed by atoms with Crippen molar-refractivity contribution >= 4 is 5.91 Å². The summed E-state index contributed by atoms with van der Waals surface area (Å²) < 4.78 is 11.1. The highest BCUT2D eigenvalue weighted by Gasteiger charge is 2.44. The molecule has 48 heavy (non-hydrogen) atoms. The molecule has 0 spiro atoms. The molecule has 0 saturated carbocycles. The predicted molar refractivity (Wildman–Crippen MR) is 193 cm³/mol. The average molecular weight is 682 g/mol. The van der Waals surface area contributed by atoms with E-state index in [1.54, 1.807) is 6.08 Å². The number of ether oxygens (including phenoxy) is 2. The van der Waals surface area contributed by atoms with Crippen LogP contribution in [0.2, 0.25) is 0 Å². The molecular weight excluding hydrogens is 610 g/mol. The second kappa shape index (κ2) is 30.3. The molecule has 6 N–H and O–H groups in total. The molecule has 9 nitrogen and oxygen atoms in total. The standard InChI is InChI=1S/C39H71NO8/c1-3-5-7-9-11-12-13-14-15-16-17-18-19-20-21-23-25-27-29-35(43)40-32(33(42)28-26-24-22-10-8-6-4-2)31-47-39-38(46)37(45)36(44)34(30-41)48-39/h8,10,15-16,26,28,32-34,36-39,41-42,44-46H,3-7,9,11-14,17-25,27,29-31H2,1-2H3,(H,40,43)/b10-8+,16-15-,28-26+. The van der Waals surface area contributed by atoms with Crippen molar-refractivity contribution in [3.8, 4) is 0 Å². The van der Waals surface area contributed by atoms with Crippen LogP contribution >= 0.6 is 0 Å². The monoisotopic (exact) mass is 682 g/mol. The van der Waals surface area contributed by atoms with Gasteiger partial charge in [0.25, 0.3) is 0 Å². The molecule has 280 valence electrons. The lowest BCUT2D eigenvalue weighted by atomic mass is 9.99. The zero-order valence-electron chi connectivity index (χ0n) is 30.2. The molecule has 1 rings (SSSR count).